The van der Waals surface area contributed by atoms with Gasteiger partial charge in [-0.05, 0) is 42.0 Å². The average molecular weight is 385 g/mol. The van der Waals surface area contributed by atoms with Gasteiger partial charge in [0.05, 0.1) is 24.1 Å². The Bertz CT molecular complexity index is 925. The first-order valence-electron chi connectivity index (χ1n) is 9.06. The van der Waals surface area contributed by atoms with Crippen molar-refractivity contribution in [1.82, 2.24) is 0 Å². The molecule has 2 heterocycles. The molecular weight excluding hydrogens is 361 g/mol. The molecule has 0 unspecified atom stereocenters. The number of fused-ring (bicyclic) bond motifs is 5. The molecule has 2 aliphatic rings. The fourth-order valence-corrected chi connectivity index (χ4v) is 6.23. The van der Waals surface area contributed by atoms with E-state index >= 15 is 0 Å². The van der Waals surface area contributed by atoms with Crippen molar-refractivity contribution in [2.75, 3.05) is 30.5 Å². The standard InChI is InChI=1S/C20H24N3OPS/c1-4-5-12-24-25(26)19-11-10-16(22(2)3)13-18(19)23-14-15-8-6-7-9-17(15)20(23)21-25/h6-11,13H,4-5,12,14H2,1-3H3/t25-/m1/s1. The van der Waals surface area contributed by atoms with Gasteiger partial charge in [0.2, 0.25) is 6.42 Å². The summed E-state index contributed by atoms with van der Waals surface area (Å²) in [6, 6.07) is 14.9. The van der Waals surface area contributed by atoms with E-state index in [0.29, 0.717) is 6.61 Å². The van der Waals surface area contributed by atoms with Crippen LogP contribution >= 0.6 is 6.42 Å². The molecule has 0 saturated heterocycles. The Morgan fingerprint density at radius 2 is 2.04 bits per heavy atom. The van der Waals surface area contributed by atoms with Gasteiger partial charge in [0.15, 0.2) is 0 Å². The van der Waals surface area contributed by atoms with Crippen LogP contribution in [0.5, 0.6) is 0 Å². The Morgan fingerprint density at radius 3 is 2.81 bits per heavy atom. The zero-order valence-electron chi connectivity index (χ0n) is 15.5. The van der Waals surface area contributed by atoms with E-state index < -0.39 is 6.42 Å². The number of unbranched alkanes of at least 4 members (excludes halogenated alkanes) is 1. The smallest absolute Gasteiger partial charge is 0.208 e. The molecule has 0 saturated carbocycles. The summed E-state index contributed by atoms with van der Waals surface area (Å²) in [6.07, 6.45) is -0.349. The lowest BCUT2D eigenvalue weighted by molar-refractivity contribution is 0.345. The highest BCUT2D eigenvalue weighted by molar-refractivity contribution is 8.15. The Balaban J connectivity index is 1.86. The van der Waals surface area contributed by atoms with Crippen molar-refractivity contribution in [3.8, 4) is 0 Å². The summed E-state index contributed by atoms with van der Waals surface area (Å²) in [6.45, 7) is 3.67. The number of anilines is 2. The van der Waals surface area contributed by atoms with E-state index in [1.165, 1.54) is 11.1 Å². The van der Waals surface area contributed by atoms with E-state index in [1.54, 1.807) is 0 Å². The Kier molecular flexibility index (Phi) is 4.64. The predicted molar refractivity (Wildman–Crippen MR) is 115 cm³/mol. The molecule has 0 amide bonds. The first-order chi connectivity index (χ1) is 12.5. The van der Waals surface area contributed by atoms with Crippen LogP contribution in [0.4, 0.5) is 11.4 Å². The van der Waals surface area contributed by atoms with Crippen LogP contribution in [0.25, 0.3) is 0 Å². The third-order valence-corrected chi connectivity index (χ3v) is 8.03. The van der Waals surface area contributed by atoms with Crippen molar-refractivity contribution in [2.45, 2.75) is 26.3 Å². The fraction of sp³-hybridized carbons (Fsp3) is 0.350. The molecule has 0 aromatic heterocycles. The summed E-state index contributed by atoms with van der Waals surface area (Å²) in [5, 5.41) is 1.07. The zero-order chi connectivity index (χ0) is 18.3. The fourth-order valence-electron chi connectivity index (χ4n) is 3.43. The van der Waals surface area contributed by atoms with Crippen LogP contribution in [-0.2, 0) is 22.9 Å². The summed E-state index contributed by atoms with van der Waals surface area (Å²) < 4.78 is 11.3. The Labute approximate surface area is 160 Å². The largest absolute Gasteiger partial charge is 0.378 e. The van der Waals surface area contributed by atoms with Crippen molar-refractivity contribution in [1.29, 1.82) is 0 Å². The van der Waals surface area contributed by atoms with E-state index in [0.717, 1.165) is 41.9 Å². The third-order valence-electron chi connectivity index (χ3n) is 4.90. The van der Waals surface area contributed by atoms with Gasteiger partial charge >= 0.3 is 0 Å². The molecule has 0 fully saturated rings. The van der Waals surface area contributed by atoms with Gasteiger partial charge in [0, 0.05) is 25.3 Å². The van der Waals surface area contributed by atoms with Crippen molar-refractivity contribution in [3.05, 3.63) is 53.6 Å². The highest BCUT2D eigenvalue weighted by Gasteiger charge is 2.38. The van der Waals surface area contributed by atoms with E-state index in [4.69, 9.17) is 21.1 Å². The van der Waals surface area contributed by atoms with Crippen LogP contribution in [0.15, 0.2) is 47.2 Å². The monoisotopic (exact) mass is 385 g/mol. The minimum Gasteiger partial charge on any atom is -0.378 e. The molecule has 2 aromatic rings. The van der Waals surface area contributed by atoms with Gasteiger partial charge in [-0.2, -0.15) is 0 Å². The lowest BCUT2D eigenvalue weighted by atomic mass is 10.1. The number of nitrogens with zero attached hydrogens (tertiary/aromatic N) is 3. The molecule has 0 bridgehead atoms. The number of benzene rings is 2. The van der Waals surface area contributed by atoms with Crippen molar-refractivity contribution < 1.29 is 4.52 Å². The molecule has 1 atom stereocenters. The summed E-state index contributed by atoms with van der Waals surface area (Å²) in [7, 11) is 4.12. The van der Waals surface area contributed by atoms with Gasteiger partial charge in [0.1, 0.15) is 5.84 Å². The predicted octanol–water partition coefficient (Wildman–Crippen LogP) is 4.28. The molecule has 0 N–H and O–H groups in total. The van der Waals surface area contributed by atoms with E-state index in [-0.39, 0.29) is 0 Å². The molecular formula is C20H24N3OPS. The van der Waals surface area contributed by atoms with Crippen LogP contribution in [0.3, 0.4) is 0 Å². The number of rotatable bonds is 5. The second-order valence-electron chi connectivity index (χ2n) is 6.94. The molecule has 2 aromatic carbocycles. The minimum absolute atomic E-state index is 0.668. The molecule has 4 rings (SSSR count). The molecule has 6 heteroatoms. The number of amidine groups is 1. The highest BCUT2D eigenvalue weighted by Crippen LogP contribution is 2.55. The van der Waals surface area contributed by atoms with Crippen LogP contribution in [-0.4, -0.2) is 26.5 Å². The second-order valence-corrected chi connectivity index (χ2v) is 10.4. The van der Waals surface area contributed by atoms with Crippen LogP contribution < -0.4 is 15.1 Å². The van der Waals surface area contributed by atoms with E-state index in [2.05, 4.69) is 73.3 Å². The summed E-state index contributed by atoms with van der Waals surface area (Å²) in [4.78, 5) is 4.41. The van der Waals surface area contributed by atoms with Gasteiger partial charge in [0.25, 0.3) is 0 Å². The average Bonchev–Trinajstić information content (AvgIpc) is 3.00. The Hall–Kier alpha value is -1.68. The van der Waals surface area contributed by atoms with Crippen molar-refractivity contribution >= 4 is 40.7 Å². The molecule has 136 valence electrons. The van der Waals surface area contributed by atoms with Gasteiger partial charge in [-0.3, -0.25) is 0 Å². The van der Waals surface area contributed by atoms with Crippen LogP contribution in [0.1, 0.15) is 30.9 Å². The topological polar surface area (TPSA) is 28.1 Å². The van der Waals surface area contributed by atoms with Gasteiger partial charge < -0.3 is 14.3 Å². The van der Waals surface area contributed by atoms with Crippen LogP contribution in [0.2, 0.25) is 0 Å². The van der Waals surface area contributed by atoms with Crippen LogP contribution in [0, 0.1) is 0 Å². The second kappa shape index (κ2) is 6.80. The summed E-state index contributed by atoms with van der Waals surface area (Å²) >= 11 is 6.04. The maximum atomic E-state index is 6.26. The quantitative estimate of drug-likeness (QED) is 0.567. The zero-order valence-corrected chi connectivity index (χ0v) is 17.2. The highest BCUT2D eigenvalue weighted by atomic mass is 32.4. The lowest BCUT2D eigenvalue weighted by Crippen LogP contribution is -2.33. The SMILES string of the molecule is CCCCO[P@]1(=S)N=C2c3ccccc3CN2c2cc(N(C)C)ccc21. The van der Waals surface area contributed by atoms with Crippen molar-refractivity contribution in [3.63, 3.8) is 0 Å². The maximum Gasteiger partial charge on any atom is 0.208 e. The first kappa shape index (κ1) is 17.7. The normalized spacial score (nSPS) is 20.3. The number of hydrogen-bond donors (Lipinski definition) is 0. The van der Waals surface area contributed by atoms with E-state index in [1.807, 2.05) is 0 Å². The maximum absolute atomic E-state index is 6.26. The molecule has 0 aliphatic carbocycles. The molecule has 2 aliphatic heterocycles. The van der Waals surface area contributed by atoms with E-state index in [9.17, 15) is 0 Å². The molecule has 4 nitrogen and oxygen atoms in total. The van der Waals surface area contributed by atoms with Crippen molar-refractivity contribution in [2.24, 2.45) is 4.76 Å². The van der Waals surface area contributed by atoms with Gasteiger partial charge in [-0.15, -0.1) is 0 Å². The minimum atomic E-state index is -2.45. The first-order valence-corrected chi connectivity index (χ1v) is 11.7. The number of hydrogen-bond acceptors (Lipinski definition) is 4. The van der Waals surface area contributed by atoms with Gasteiger partial charge in [-0.25, -0.2) is 4.76 Å². The third kappa shape index (κ3) is 2.88. The molecule has 0 spiro atoms. The van der Waals surface area contributed by atoms with Gasteiger partial charge in [-0.1, -0.05) is 37.6 Å². The molecule has 0 radical (unpaired) electrons. The Morgan fingerprint density at radius 1 is 1.23 bits per heavy atom. The molecule has 26 heavy (non-hydrogen) atoms. The lowest BCUT2D eigenvalue weighted by Gasteiger charge is -2.33. The summed E-state index contributed by atoms with van der Waals surface area (Å²) in [5.41, 5.74) is 4.79. The summed E-state index contributed by atoms with van der Waals surface area (Å²) in [5.74, 6) is 0.976.